The first-order chi connectivity index (χ1) is 19.8. The van der Waals surface area contributed by atoms with E-state index in [1.165, 1.54) is 15.9 Å². The third kappa shape index (κ3) is 5.63. The first-order valence-corrected chi connectivity index (χ1v) is 14.2. The number of carbonyl (C=O) groups excluding carboxylic acids is 2. The number of amides is 2. The maximum absolute atomic E-state index is 14.3. The second-order valence-electron chi connectivity index (χ2n) is 9.41. The van der Waals surface area contributed by atoms with E-state index < -0.39 is 40.0 Å². The molecule has 4 N–H and O–H groups in total. The van der Waals surface area contributed by atoms with Gasteiger partial charge in [-0.05, 0) is 53.4 Å². The molecule has 42 heavy (non-hydrogen) atoms. The molecular formula is C26H20Cl3F3N4O5S. The number of rotatable bonds is 6. The van der Waals surface area contributed by atoms with Crippen LogP contribution < -0.4 is 16.2 Å². The monoisotopic (exact) mass is 662 g/mol. The SMILES string of the molecule is NCc1c(F)cc(Cl)c(Sc2cc(C(F)(F)Cl)[nH]c(=O)c2C(=O)N2Cc3cc(O)c(N4CCCOC4=O)cc3C2)c1Cl. The molecule has 16 heteroatoms. The molecule has 2 aliphatic heterocycles. The van der Waals surface area contributed by atoms with Crippen LogP contribution in [0.5, 0.6) is 5.75 Å². The Labute approximate surface area is 255 Å². The number of halogens is 6. The van der Waals surface area contributed by atoms with Crippen molar-refractivity contribution < 1.29 is 32.6 Å². The molecule has 0 atom stereocenters. The Bertz CT molecular complexity index is 1680. The van der Waals surface area contributed by atoms with Gasteiger partial charge in [-0.3, -0.25) is 14.5 Å². The van der Waals surface area contributed by atoms with Crippen molar-refractivity contribution >= 4 is 64.3 Å². The predicted octanol–water partition coefficient (Wildman–Crippen LogP) is 5.93. The summed E-state index contributed by atoms with van der Waals surface area (Å²) in [5.41, 5.74) is 4.14. The first-order valence-electron chi connectivity index (χ1n) is 12.3. The van der Waals surface area contributed by atoms with Crippen molar-refractivity contribution in [2.75, 3.05) is 18.1 Å². The summed E-state index contributed by atoms with van der Waals surface area (Å²) in [4.78, 5) is 43.3. The maximum Gasteiger partial charge on any atom is 0.414 e. The largest absolute Gasteiger partial charge is 0.506 e. The number of anilines is 1. The van der Waals surface area contributed by atoms with Gasteiger partial charge in [0.1, 0.15) is 22.8 Å². The lowest BCUT2D eigenvalue weighted by Gasteiger charge is -2.27. The molecule has 222 valence electrons. The van der Waals surface area contributed by atoms with E-state index in [1.54, 1.807) is 6.07 Å². The van der Waals surface area contributed by atoms with Crippen molar-refractivity contribution in [3.63, 3.8) is 0 Å². The Morgan fingerprint density at radius 3 is 2.50 bits per heavy atom. The van der Waals surface area contributed by atoms with Crippen molar-refractivity contribution in [1.29, 1.82) is 0 Å². The van der Waals surface area contributed by atoms with Crippen LogP contribution in [0.2, 0.25) is 10.0 Å². The number of cyclic esters (lactones) is 1. The normalized spacial score (nSPS) is 15.2. The summed E-state index contributed by atoms with van der Waals surface area (Å²) in [7, 11) is 0. The number of ether oxygens (including phenoxy) is 1. The number of carbonyl (C=O) groups is 2. The second kappa shape index (κ2) is 11.5. The van der Waals surface area contributed by atoms with E-state index in [-0.39, 0.29) is 63.1 Å². The average Bonchev–Trinajstić information content (AvgIpc) is 3.33. The summed E-state index contributed by atoms with van der Waals surface area (Å²) in [5.74, 6) is -1.84. The maximum atomic E-state index is 14.3. The van der Waals surface area contributed by atoms with Crippen LogP contribution in [0.1, 0.15) is 39.2 Å². The molecule has 1 fully saturated rings. The minimum Gasteiger partial charge on any atom is -0.506 e. The third-order valence-corrected chi connectivity index (χ3v) is 9.04. The van der Waals surface area contributed by atoms with Crippen molar-refractivity contribution in [2.45, 2.75) is 41.2 Å². The van der Waals surface area contributed by atoms with Crippen LogP contribution in [0.4, 0.5) is 23.7 Å². The van der Waals surface area contributed by atoms with Crippen LogP contribution in [0.25, 0.3) is 0 Å². The second-order valence-corrected chi connectivity index (χ2v) is 11.7. The van der Waals surface area contributed by atoms with Gasteiger partial charge >= 0.3 is 11.5 Å². The molecule has 0 saturated carbocycles. The van der Waals surface area contributed by atoms with Gasteiger partial charge in [0.05, 0.1) is 27.2 Å². The van der Waals surface area contributed by atoms with E-state index in [1.807, 2.05) is 4.98 Å². The molecule has 0 bridgehead atoms. The van der Waals surface area contributed by atoms with Crippen LogP contribution in [0.15, 0.2) is 38.9 Å². The van der Waals surface area contributed by atoms with Crippen LogP contribution in [-0.4, -0.2) is 40.1 Å². The minimum atomic E-state index is -4.00. The Morgan fingerprint density at radius 1 is 1.17 bits per heavy atom. The van der Waals surface area contributed by atoms with E-state index in [0.29, 0.717) is 35.9 Å². The minimum absolute atomic E-state index is 0.0173. The van der Waals surface area contributed by atoms with Gasteiger partial charge in [0.2, 0.25) is 0 Å². The molecular weight excluding hydrogens is 644 g/mol. The summed E-state index contributed by atoms with van der Waals surface area (Å²) >= 11 is 18.3. The Morgan fingerprint density at radius 2 is 1.86 bits per heavy atom. The lowest BCUT2D eigenvalue weighted by atomic mass is 10.1. The van der Waals surface area contributed by atoms with Gasteiger partial charge in [-0.2, -0.15) is 8.78 Å². The molecule has 2 aromatic carbocycles. The lowest BCUT2D eigenvalue weighted by molar-refractivity contribution is 0.0740. The number of nitrogens with one attached hydrogen (secondary N) is 1. The predicted molar refractivity (Wildman–Crippen MR) is 150 cm³/mol. The fourth-order valence-electron chi connectivity index (χ4n) is 4.69. The first kappa shape index (κ1) is 30.4. The summed E-state index contributed by atoms with van der Waals surface area (Å²) < 4.78 is 47.5. The zero-order chi connectivity index (χ0) is 30.5. The standard InChI is InChI=1S/C26H20Cl3F3N4O5S/c27-14-6-15(30)13(8-33)21(28)22(14)42-18-7-19(26(29,31)32)34-23(38)20(18)24(39)35-9-11-4-16(17(37)5-12(11)10-35)36-2-1-3-41-25(36)40/h4-7,37H,1-3,8-10,33H2,(H,34,38). The average molecular weight is 664 g/mol. The number of benzene rings is 2. The van der Waals surface area contributed by atoms with E-state index in [4.69, 9.17) is 45.3 Å². The van der Waals surface area contributed by atoms with Crippen LogP contribution in [0.3, 0.4) is 0 Å². The van der Waals surface area contributed by atoms with Gasteiger partial charge in [-0.15, -0.1) is 0 Å². The molecule has 9 nitrogen and oxygen atoms in total. The third-order valence-electron chi connectivity index (χ3n) is 6.72. The van der Waals surface area contributed by atoms with Crippen molar-refractivity contribution in [2.24, 2.45) is 5.73 Å². The number of aromatic nitrogens is 1. The molecule has 1 saturated heterocycles. The fraction of sp³-hybridized carbons (Fsp3) is 0.269. The zero-order valence-electron chi connectivity index (χ0n) is 21.3. The molecule has 3 heterocycles. The number of phenols is 1. The summed E-state index contributed by atoms with van der Waals surface area (Å²) in [5, 5.41) is 6.19. The molecule has 2 amide bonds. The van der Waals surface area contributed by atoms with E-state index in [9.17, 15) is 32.7 Å². The highest BCUT2D eigenvalue weighted by molar-refractivity contribution is 7.99. The van der Waals surface area contributed by atoms with Gasteiger partial charge in [0, 0.05) is 36.6 Å². The number of phenolic OH excluding ortho intramolecular Hbond substituents is 1. The number of alkyl halides is 3. The molecule has 5 rings (SSSR count). The number of pyridine rings is 1. The Kier molecular flexibility index (Phi) is 8.33. The molecule has 0 spiro atoms. The van der Waals surface area contributed by atoms with E-state index in [2.05, 4.69) is 0 Å². The van der Waals surface area contributed by atoms with Gasteiger partial charge < -0.3 is 25.5 Å². The number of aromatic hydroxyl groups is 1. The number of aromatic amines is 1. The highest BCUT2D eigenvalue weighted by Crippen LogP contribution is 2.44. The van der Waals surface area contributed by atoms with Gasteiger partial charge in [0.25, 0.3) is 11.5 Å². The molecule has 2 aliphatic rings. The van der Waals surface area contributed by atoms with Gasteiger partial charge in [-0.1, -0.05) is 35.0 Å². The van der Waals surface area contributed by atoms with E-state index >= 15 is 0 Å². The van der Waals surface area contributed by atoms with Crippen molar-refractivity contribution in [1.82, 2.24) is 9.88 Å². The summed E-state index contributed by atoms with van der Waals surface area (Å²) in [6.45, 7) is 0.198. The number of H-pyrrole nitrogens is 1. The van der Waals surface area contributed by atoms with Crippen LogP contribution >= 0.6 is 46.6 Å². The van der Waals surface area contributed by atoms with Crippen LogP contribution in [-0.2, 0) is 29.8 Å². The molecule has 0 radical (unpaired) electrons. The van der Waals surface area contributed by atoms with Gasteiger partial charge in [0.15, 0.2) is 0 Å². The number of fused-ring (bicyclic) bond motifs is 1. The zero-order valence-corrected chi connectivity index (χ0v) is 24.4. The molecule has 1 aromatic heterocycles. The van der Waals surface area contributed by atoms with Gasteiger partial charge in [-0.25, -0.2) is 9.18 Å². The highest BCUT2D eigenvalue weighted by atomic mass is 35.5. The summed E-state index contributed by atoms with van der Waals surface area (Å²) in [6.07, 6.45) is -0.0646. The number of nitrogens with zero attached hydrogens (tertiary/aromatic N) is 2. The quantitative estimate of drug-likeness (QED) is 0.279. The highest BCUT2D eigenvalue weighted by Gasteiger charge is 2.35. The lowest BCUT2D eigenvalue weighted by Crippen LogP contribution is -2.37. The smallest absolute Gasteiger partial charge is 0.414 e. The number of nitrogens with two attached hydrogens (primary N) is 1. The van der Waals surface area contributed by atoms with Crippen LogP contribution in [0, 0.1) is 5.82 Å². The molecule has 3 aromatic rings. The topological polar surface area (TPSA) is 129 Å². The Hall–Kier alpha value is -3.10. The number of hydrogen-bond donors (Lipinski definition) is 3. The van der Waals surface area contributed by atoms with E-state index in [0.717, 1.165) is 12.1 Å². The summed E-state index contributed by atoms with van der Waals surface area (Å²) in [6, 6.07) is 4.71. The molecule has 0 aliphatic carbocycles. The van der Waals surface area contributed by atoms with Crippen molar-refractivity contribution in [3.05, 3.63) is 78.4 Å². The molecule has 0 unspecified atom stereocenters. The van der Waals surface area contributed by atoms with Crippen molar-refractivity contribution in [3.8, 4) is 5.75 Å². The fourth-order valence-corrected chi connectivity index (χ4v) is 6.58. The Balaban J connectivity index is 1.54. The number of hydrogen-bond acceptors (Lipinski definition) is 7.